The maximum absolute atomic E-state index is 11.9. The van der Waals surface area contributed by atoms with Crippen molar-refractivity contribution >= 4 is 11.8 Å². The molecule has 2 fully saturated rings. The van der Waals surface area contributed by atoms with Gasteiger partial charge in [0.1, 0.15) is 0 Å². The van der Waals surface area contributed by atoms with E-state index >= 15 is 0 Å². The number of hydrogen-bond acceptors (Lipinski definition) is 3. The lowest BCUT2D eigenvalue weighted by atomic mass is 9.68. The second-order valence-corrected chi connectivity index (χ2v) is 7.89. The summed E-state index contributed by atoms with van der Waals surface area (Å²) in [6.07, 6.45) is 4.49. The highest BCUT2D eigenvalue weighted by Gasteiger charge is 2.42. The van der Waals surface area contributed by atoms with Crippen LogP contribution in [0.1, 0.15) is 51.5 Å². The standard InChI is InChI=1S/C20H27NO3/c1-19(2)15-20(11-13-24-19,14-16-6-4-3-5-7-16)10-12-21-17(22)8-9-18(21)23/h3-7H,8-15H2,1-2H3/t20-/m0/s1. The van der Waals surface area contributed by atoms with Gasteiger partial charge < -0.3 is 4.74 Å². The minimum atomic E-state index is -0.161. The van der Waals surface area contributed by atoms with Crippen LogP contribution in [-0.4, -0.2) is 35.5 Å². The molecule has 1 aromatic carbocycles. The minimum Gasteiger partial charge on any atom is -0.376 e. The minimum absolute atomic E-state index is 0.0128. The second kappa shape index (κ2) is 6.67. The lowest BCUT2D eigenvalue weighted by Gasteiger charge is -2.45. The molecule has 24 heavy (non-hydrogen) atoms. The molecule has 0 aliphatic carbocycles. The Morgan fingerprint density at radius 3 is 2.38 bits per heavy atom. The van der Waals surface area contributed by atoms with Crippen molar-refractivity contribution in [3.05, 3.63) is 35.9 Å². The second-order valence-electron chi connectivity index (χ2n) is 7.89. The Morgan fingerprint density at radius 2 is 1.75 bits per heavy atom. The zero-order valence-electron chi connectivity index (χ0n) is 14.7. The van der Waals surface area contributed by atoms with Crippen molar-refractivity contribution in [2.45, 2.75) is 58.0 Å². The lowest BCUT2D eigenvalue weighted by Crippen LogP contribution is -2.44. The van der Waals surface area contributed by atoms with Gasteiger partial charge in [0.05, 0.1) is 5.60 Å². The summed E-state index contributed by atoms with van der Waals surface area (Å²) in [5, 5.41) is 0. The first-order valence-corrected chi connectivity index (χ1v) is 8.90. The van der Waals surface area contributed by atoms with Gasteiger partial charge in [-0.3, -0.25) is 14.5 Å². The van der Waals surface area contributed by atoms with E-state index in [2.05, 4.69) is 38.1 Å². The highest BCUT2D eigenvalue weighted by atomic mass is 16.5. The summed E-state index contributed by atoms with van der Waals surface area (Å²) in [6, 6.07) is 10.5. The molecule has 2 aliphatic heterocycles. The molecule has 2 aliphatic rings. The predicted molar refractivity (Wildman–Crippen MR) is 92.4 cm³/mol. The Balaban J connectivity index is 1.77. The average molecular weight is 329 g/mol. The summed E-state index contributed by atoms with van der Waals surface area (Å²) in [5.74, 6) is -0.0256. The molecule has 0 N–H and O–H groups in total. The number of hydrogen-bond donors (Lipinski definition) is 0. The lowest BCUT2D eigenvalue weighted by molar-refractivity contribution is -0.140. The van der Waals surface area contributed by atoms with Gasteiger partial charge in [-0.1, -0.05) is 30.3 Å². The molecular formula is C20H27NO3. The van der Waals surface area contributed by atoms with E-state index in [4.69, 9.17) is 4.74 Å². The molecule has 2 amide bonds. The van der Waals surface area contributed by atoms with Crippen LogP contribution in [0.25, 0.3) is 0 Å². The van der Waals surface area contributed by atoms with Gasteiger partial charge in [0.15, 0.2) is 0 Å². The fraction of sp³-hybridized carbons (Fsp3) is 0.600. The van der Waals surface area contributed by atoms with Crippen molar-refractivity contribution in [1.82, 2.24) is 4.90 Å². The van der Waals surface area contributed by atoms with E-state index in [0.717, 1.165) is 32.3 Å². The fourth-order valence-electron chi connectivity index (χ4n) is 4.29. The number of ether oxygens (including phenoxy) is 1. The highest BCUT2D eigenvalue weighted by molar-refractivity contribution is 6.01. The summed E-state index contributed by atoms with van der Waals surface area (Å²) in [5.41, 5.74) is 1.23. The zero-order chi connectivity index (χ0) is 17.2. The Morgan fingerprint density at radius 1 is 1.08 bits per heavy atom. The number of amides is 2. The molecule has 1 aromatic rings. The largest absolute Gasteiger partial charge is 0.376 e. The maximum Gasteiger partial charge on any atom is 0.229 e. The summed E-state index contributed by atoms with van der Waals surface area (Å²) >= 11 is 0. The SMILES string of the molecule is CC1(C)C[C@](CCN2C(=O)CCC2=O)(Cc2ccccc2)CCO1. The number of imide groups is 1. The monoisotopic (exact) mass is 329 g/mol. The van der Waals surface area contributed by atoms with Crippen molar-refractivity contribution in [2.75, 3.05) is 13.2 Å². The van der Waals surface area contributed by atoms with Gasteiger partial charge in [-0.05, 0) is 50.5 Å². The number of carbonyl (C=O) groups excluding carboxylic acids is 2. The van der Waals surface area contributed by atoms with Crippen LogP contribution in [0, 0.1) is 5.41 Å². The molecule has 0 radical (unpaired) electrons. The first-order chi connectivity index (χ1) is 11.4. The van der Waals surface area contributed by atoms with Crippen LogP contribution in [-0.2, 0) is 20.7 Å². The third kappa shape index (κ3) is 3.86. The van der Waals surface area contributed by atoms with Crippen LogP contribution in [0.4, 0.5) is 0 Å². The van der Waals surface area contributed by atoms with Crippen molar-refractivity contribution in [1.29, 1.82) is 0 Å². The molecule has 0 aromatic heterocycles. The Hall–Kier alpha value is -1.68. The molecule has 4 nitrogen and oxygen atoms in total. The van der Waals surface area contributed by atoms with E-state index in [9.17, 15) is 9.59 Å². The molecule has 0 bridgehead atoms. The highest BCUT2D eigenvalue weighted by Crippen LogP contribution is 2.44. The normalized spacial score (nSPS) is 26.8. The van der Waals surface area contributed by atoms with E-state index in [1.54, 1.807) is 0 Å². The van der Waals surface area contributed by atoms with E-state index in [0.29, 0.717) is 19.4 Å². The van der Waals surface area contributed by atoms with Crippen LogP contribution >= 0.6 is 0 Å². The number of rotatable bonds is 5. The van der Waals surface area contributed by atoms with Crippen LogP contribution < -0.4 is 0 Å². The van der Waals surface area contributed by atoms with Crippen LogP contribution in [0.3, 0.4) is 0 Å². The smallest absolute Gasteiger partial charge is 0.229 e. The van der Waals surface area contributed by atoms with Gasteiger partial charge in [-0.25, -0.2) is 0 Å². The third-order valence-corrected chi connectivity index (χ3v) is 5.37. The molecule has 2 heterocycles. The van der Waals surface area contributed by atoms with Crippen molar-refractivity contribution in [3.63, 3.8) is 0 Å². The van der Waals surface area contributed by atoms with Gasteiger partial charge in [0, 0.05) is 26.0 Å². The quantitative estimate of drug-likeness (QED) is 0.778. The molecule has 3 rings (SSSR count). The summed E-state index contributed by atoms with van der Waals surface area (Å²) in [7, 11) is 0. The van der Waals surface area contributed by atoms with Crippen molar-refractivity contribution in [2.24, 2.45) is 5.41 Å². The summed E-state index contributed by atoms with van der Waals surface area (Å²) in [6.45, 7) is 5.55. The molecule has 1 atom stereocenters. The molecule has 0 unspecified atom stereocenters. The molecule has 0 spiro atoms. The van der Waals surface area contributed by atoms with Crippen molar-refractivity contribution < 1.29 is 14.3 Å². The third-order valence-electron chi connectivity index (χ3n) is 5.37. The van der Waals surface area contributed by atoms with Gasteiger partial charge in [-0.2, -0.15) is 0 Å². The number of carbonyl (C=O) groups is 2. The Kier molecular flexibility index (Phi) is 4.77. The zero-order valence-corrected chi connectivity index (χ0v) is 14.7. The van der Waals surface area contributed by atoms with E-state index < -0.39 is 0 Å². The molecular weight excluding hydrogens is 302 g/mol. The Labute approximate surface area is 144 Å². The number of nitrogens with zero attached hydrogens (tertiary/aromatic N) is 1. The van der Waals surface area contributed by atoms with Crippen LogP contribution in [0.5, 0.6) is 0 Å². The molecule has 2 saturated heterocycles. The molecule has 4 heteroatoms. The number of likely N-dealkylation sites (tertiary alicyclic amines) is 1. The van der Waals surface area contributed by atoms with E-state index in [1.165, 1.54) is 10.5 Å². The van der Waals surface area contributed by atoms with E-state index in [1.807, 2.05) is 6.07 Å². The maximum atomic E-state index is 11.9. The Bertz CT molecular complexity index is 595. The van der Waals surface area contributed by atoms with Crippen LogP contribution in [0.15, 0.2) is 30.3 Å². The molecule has 0 saturated carbocycles. The average Bonchev–Trinajstić information content (AvgIpc) is 2.84. The summed E-state index contributed by atoms with van der Waals surface area (Å²) < 4.78 is 5.92. The summed E-state index contributed by atoms with van der Waals surface area (Å²) in [4.78, 5) is 25.3. The van der Waals surface area contributed by atoms with Crippen molar-refractivity contribution in [3.8, 4) is 0 Å². The first kappa shape index (κ1) is 17.2. The first-order valence-electron chi connectivity index (χ1n) is 8.90. The topological polar surface area (TPSA) is 46.6 Å². The van der Waals surface area contributed by atoms with Gasteiger partial charge in [0.2, 0.25) is 11.8 Å². The van der Waals surface area contributed by atoms with Gasteiger partial charge >= 0.3 is 0 Å². The van der Waals surface area contributed by atoms with Crippen LogP contribution in [0.2, 0.25) is 0 Å². The van der Waals surface area contributed by atoms with Gasteiger partial charge in [-0.15, -0.1) is 0 Å². The number of benzene rings is 1. The van der Waals surface area contributed by atoms with E-state index in [-0.39, 0.29) is 22.8 Å². The predicted octanol–water partition coefficient (Wildman–Crippen LogP) is 3.34. The van der Waals surface area contributed by atoms with Gasteiger partial charge in [0.25, 0.3) is 0 Å². The molecule has 130 valence electrons. The fourth-order valence-corrected chi connectivity index (χ4v) is 4.29.